The highest BCUT2D eigenvalue weighted by molar-refractivity contribution is 6.13. The van der Waals surface area contributed by atoms with Crippen LogP contribution in [0.25, 0.3) is 32.9 Å². The fourth-order valence-electron chi connectivity index (χ4n) is 5.72. The zero-order valence-electron chi connectivity index (χ0n) is 22.5. The van der Waals surface area contributed by atoms with Gasteiger partial charge in [0.15, 0.2) is 5.76 Å². The number of benzene rings is 3. The molecule has 1 fully saturated rings. The molecule has 5 aromatic rings. The van der Waals surface area contributed by atoms with Gasteiger partial charge < -0.3 is 20.0 Å². The van der Waals surface area contributed by atoms with Crippen molar-refractivity contribution in [2.24, 2.45) is 0 Å². The Morgan fingerprint density at radius 1 is 0.975 bits per heavy atom. The first kappa shape index (κ1) is 25.8. The van der Waals surface area contributed by atoms with Crippen molar-refractivity contribution in [2.45, 2.75) is 25.7 Å². The maximum atomic E-state index is 13.0. The molecular formula is C33H32N4O3. The fourth-order valence-corrected chi connectivity index (χ4v) is 5.72. The summed E-state index contributed by atoms with van der Waals surface area (Å²) in [7, 11) is 0. The maximum absolute atomic E-state index is 13.0. The van der Waals surface area contributed by atoms with Gasteiger partial charge in [0.2, 0.25) is 5.91 Å². The van der Waals surface area contributed by atoms with Crippen molar-refractivity contribution in [3.05, 3.63) is 96.5 Å². The van der Waals surface area contributed by atoms with Crippen LogP contribution in [0, 0.1) is 0 Å². The molecule has 2 aromatic heterocycles. The van der Waals surface area contributed by atoms with E-state index in [1.54, 1.807) is 6.20 Å². The van der Waals surface area contributed by atoms with Gasteiger partial charge in [-0.2, -0.15) is 0 Å². The van der Waals surface area contributed by atoms with Crippen LogP contribution in [0.5, 0.6) is 0 Å². The minimum absolute atomic E-state index is 0.0560. The van der Waals surface area contributed by atoms with Crippen molar-refractivity contribution in [3.8, 4) is 11.1 Å². The summed E-state index contributed by atoms with van der Waals surface area (Å²) in [4.78, 5) is 31.1. The predicted molar refractivity (Wildman–Crippen MR) is 158 cm³/mol. The highest BCUT2D eigenvalue weighted by Crippen LogP contribution is 2.36. The highest BCUT2D eigenvalue weighted by Gasteiger charge is 2.21. The van der Waals surface area contributed by atoms with Crippen LogP contribution in [0.15, 0.2) is 89.6 Å². The Hall–Kier alpha value is -4.49. The van der Waals surface area contributed by atoms with Crippen LogP contribution < -0.4 is 10.6 Å². The molecule has 7 heteroatoms. The Morgan fingerprint density at radius 3 is 2.58 bits per heavy atom. The number of carbonyl (C=O) groups is 2. The second-order valence-electron chi connectivity index (χ2n) is 10.4. The maximum Gasteiger partial charge on any atom is 0.287 e. The van der Waals surface area contributed by atoms with E-state index in [9.17, 15) is 9.59 Å². The first-order valence-electron chi connectivity index (χ1n) is 13.8. The molecule has 1 saturated heterocycles. The summed E-state index contributed by atoms with van der Waals surface area (Å²) in [5, 5.41) is 8.85. The van der Waals surface area contributed by atoms with Gasteiger partial charge in [0, 0.05) is 54.4 Å². The van der Waals surface area contributed by atoms with Crippen LogP contribution in [0.1, 0.15) is 41.8 Å². The van der Waals surface area contributed by atoms with Gasteiger partial charge in [-0.3, -0.25) is 14.6 Å². The number of pyridine rings is 1. The number of nitrogens with one attached hydrogen (secondary N) is 2. The Labute approximate surface area is 233 Å². The molecule has 6 rings (SSSR count). The Morgan fingerprint density at radius 2 is 1.80 bits per heavy atom. The number of anilines is 1. The lowest BCUT2D eigenvalue weighted by atomic mass is 9.89. The molecule has 3 heterocycles. The second kappa shape index (κ2) is 11.3. The van der Waals surface area contributed by atoms with Gasteiger partial charge in [-0.1, -0.05) is 42.5 Å². The number of carbonyl (C=O) groups excluding carboxylic acids is 2. The standard InChI is InChI=1S/C33H32N4O3/c1-22(38)36-27-8-4-6-24(18-27)23-11-15-37(16-12-23)17-14-35-33(39)31-20-26-19-30(25-7-5-13-34-21-25)28-9-2-3-10-29(28)32(26)40-31/h2-10,13,18-21,23H,11-12,14-17H2,1H3,(H,35,39)(H,36,38). The highest BCUT2D eigenvalue weighted by atomic mass is 16.3. The van der Waals surface area contributed by atoms with Gasteiger partial charge in [0.25, 0.3) is 5.91 Å². The third-order valence-corrected chi connectivity index (χ3v) is 7.70. The van der Waals surface area contributed by atoms with Gasteiger partial charge >= 0.3 is 0 Å². The van der Waals surface area contributed by atoms with Gasteiger partial charge in [-0.15, -0.1) is 0 Å². The molecule has 2 N–H and O–H groups in total. The minimum atomic E-state index is -0.201. The number of likely N-dealkylation sites (tertiary alicyclic amines) is 1. The molecule has 0 atom stereocenters. The molecule has 1 aliphatic heterocycles. The fraction of sp³-hybridized carbons (Fsp3) is 0.242. The van der Waals surface area contributed by atoms with Crippen molar-refractivity contribution < 1.29 is 14.0 Å². The average Bonchev–Trinajstić information content (AvgIpc) is 3.42. The molecule has 3 aromatic carbocycles. The monoisotopic (exact) mass is 532 g/mol. The van der Waals surface area contributed by atoms with E-state index in [0.717, 1.165) is 71.0 Å². The van der Waals surface area contributed by atoms with Crippen LogP contribution >= 0.6 is 0 Å². The number of furan rings is 1. The third-order valence-electron chi connectivity index (χ3n) is 7.70. The van der Waals surface area contributed by atoms with Crippen molar-refractivity contribution in [1.82, 2.24) is 15.2 Å². The SMILES string of the molecule is CC(=O)Nc1cccc(C2CCN(CCNC(=O)c3cc4cc(-c5cccnc5)c5ccccc5c4o3)CC2)c1. The largest absolute Gasteiger partial charge is 0.450 e. The molecule has 0 spiro atoms. The van der Waals surface area contributed by atoms with Crippen LogP contribution in [0.3, 0.4) is 0 Å². The number of rotatable bonds is 7. The summed E-state index contributed by atoms with van der Waals surface area (Å²) >= 11 is 0. The van der Waals surface area contributed by atoms with Gasteiger partial charge in [0.05, 0.1) is 0 Å². The lowest BCUT2D eigenvalue weighted by Gasteiger charge is -2.32. The number of piperidine rings is 1. The van der Waals surface area contributed by atoms with Crippen LogP contribution in [-0.2, 0) is 4.79 Å². The smallest absolute Gasteiger partial charge is 0.287 e. The lowest BCUT2D eigenvalue weighted by Crippen LogP contribution is -2.39. The average molecular weight is 533 g/mol. The number of fused-ring (bicyclic) bond motifs is 3. The van der Waals surface area contributed by atoms with E-state index < -0.39 is 0 Å². The summed E-state index contributed by atoms with van der Waals surface area (Å²) in [5.74, 6) is 0.537. The van der Waals surface area contributed by atoms with E-state index in [2.05, 4.69) is 44.8 Å². The summed E-state index contributed by atoms with van der Waals surface area (Å²) in [6, 6.07) is 24.1. The van der Waals surface area contributed by atoms with E-state index in [1.807, 2.05) is 54.7 Å². The normalized spacial score (nSPS) is 14.4. The second-order valence-corrected chi connectivity index (χ2v) is 10.4. The number of hydrogen-bond acceptors (Lipinski definition) is 5. The van der Waals surface area contributed by atoms with Gasteiger partial charge in [-0.05, 0) is 78.7 Å². The van der Waals surface area contributed by atoms with Crippen molar-refractivity contribution in [2.75, 3.05) is 31.5 Å². The van der Waals surface area contributed by atoms with E-state index in [-0.39, 0.29) is 11.8 Å². The van der Waals surface area contributed by atoms with Gasteiger partial charge in [-0.25, -0.2) is 0 Å². The molecule has 202 valence electrons. The summed E-state index contributed by atoms with van der Waals surface area (Å²) in [6.07, 6.45) is 5.72. The molecule has 0 radical (unpaired) electrons. The Kier molecular flexibility index (Phi) is 7.29. The summed E-state index contributed by atoms with van der Waals surface area (Å²) < 4.78 is 6.11. The Bertz CT molecular complexity index is 1670. The topological polar surface area (TPSA) is 87.5 Å². The zero-order valence-corrected chi connectivity index (χ0v) is 22.5. The molecule has 0 aliphatic carbocycles. The molecule has 0 bridgehead atoms. The van der Waals surface area contributed by atoms with Crippen molar-refractivity contribution in [1.29, 1.82) is 0 Å². The van der Waals surface area contributed by atoms with Gasteiger partial charge in [0.1, 0.15) is 5.58 Å². The third kappa shape index (κ3) is 5.46. The van der Waals surface area contributed by atoms with Crippen molar-refractivity contribution in [3.63, 3.8) is 0 Å². The molecule has 0 unspecified atom stereocenters. The first-order chi connectivity index (χ1) is 19.5. The molecular weight excluding hydrogens is 500 g/mol. The lowest BCUT2D eigenvalue weighted by molar-refractivity contribution is -0.114. The first-order valence-corrected chi connectivity index (χ1v) is 13.8. The van der Waals surface area contributed by atoms with Crippen LogP contribution in [-0.4, -0.2) is 47.9 Å². The number of amides is 2. The molecule has 40 heavy (non-hydrogen) atoms. The van der Waals surface area contributed by atoms with E-state index in [1.165, 1.54) is 12.5 Å². The Balaban J connectivity index is 1.08. The predicted octanol–water partition coefficient (Wildman–Crippen LogP) is 6.22. The zero-order chi connectivity index (χ0) is 27.5. The van der Waals surface area contributed by atoms with E-state index in [4.69, 9.17) is 4.42 Å². The summed E-state index contributed by atoms with van der Waals surface area (Å²) in [6.45, 7) is 4.82. The number of hydrogen-bond donors (Lipinski definition) is 2. The summed E-state index contributed by atoms with van der Waals surface area (Å²) in [5.41, 5.74) is 4.93. The molecule has 7 nitrogen and oxygen atoms in total. The van der Waals surface area contributed by atoms with Crippen molar-refractivity contribution >= 4 is 39.2 Å². The molecule has 0 saturated carbocycles. The number of aromatic nitrogens is 1. The van der Waals surface area contributed by atoms with Crippen LogP contribution in [0.2, 0.25) is 0 Å². The quantitative estimate of drug-likeness (QED) is 0.260. The molecule has 1 aliphatic rings. The van der Waals surface area contributed by atoms with E-state index in [0.29, 0.717) is 18.2 Å². The number of nitrogens with zero attached hydrogens (tertiary/aromatic N) is 2. The molecule has 2 amide bonds. The van der Waals surface area contributed by atoms with E-state index >= 15 is 0 Å². The minimum Gasteiger partial charge on any atom is -0.450 e. The van der Waals surface area contributed by atoms with Crippen LogP contribution in [0.4, 0.5) is 5.69 Å².